The minimum absolute atomic E-state index is 0. The number of nitrogens with zero attached hydrogens (tertiary/aromatic N) is 1. The second-order valence-corrected chi connectivity index (χ2v) is 0.224. The van der Waals surface area contributed by atoms with Crippen LogP contribution in [0.15, 0.2) is 0 Å². The molecule has 0 aliphatic carbocycles. The summed E-state index contributed by atoms with van der Waals surface area (Å²) >= 11 is 0. The first-order valence-electron chi connectivity index (χ1n) is 0.548. The smallest absolute Gasteiger partial charge is 1.00 e. The fraction of sp³-hybridized carbons (Fsp3) is 0. The molecule has 7 heteroatoms. The minimum atomic E-state index is -1.75. The van der Waals surface area contributed by atoms with Crippen molar-refractivity contribution in [1.29, 1.82) is 0 Å². The van der Waals surface area contributed by atoms with Gasteiger partial charge in [0.15, 0.2) is 0 Å². The van der Waals surface area contributed by atoms with Gasteiger partial charge < -0.3 is 20.0 Å². The van der Waals surface area contributed by atoms with Gasteiger partial charge in [0, 0.05) is 0 Å². The first-order valence-corrected chi connectivity index (χ1v) is 0.548. The summed E-state index contributed by atoms with van der Waals surface area (Å²) in [6.07, 6.45) is 0. The average Bonchev–Trinajstić information content (AvgIpc) is 0.811. The molecule has 0 saturated heterocycles. The monoisotopic (exact) mass is 131 g/mol. The summed E-state index contributed by atoms with van der Waals surface area (Å²) in [5.74, 6) is 0. The van der Waals surface area contributed by atoms with Crippen LogP contribution < -0.4 is 34.3 Å². The van der Waals surface area contributed by atoms with E-state index in [1.807, 2.05) is 0 Å². The van der Waals surface area contributed by atoms with Crippen molar-refractivity contribution in [3.8, 4) is 0 Å². The second kappa shape index (κ2) is 15.9. The van der Waals surface area contributed by atoms with Gasteiger partial charge in [-0.25, -0.2) is 0 Å². The maximum Gasteiger partial charge on any atom is 3.00 e. The zero-order valence-corrected chi connectivity index (χ0v) is 6.78. The Balaban J connectivity index is -0.0000000150. The Morgan fingerprint density at radius 2 is 1.29 bits per heavy atom. The van der Waals surface area contributed by atoms with Crippen LogP contribution in [0.1, 0.15) is 0 Å². The number of rotatable bonds is 0. The van der Waals surface area contributed by atoms with Crippen LogP contribution >= 0.6 is 0 Å². The Hall–Kier alpha value is 0.662. The van der Waals surface area contributed by atoms with E-state index in [1.54, 1.807) is 0 Å². The Kier molecular flexibility index (Phi) is 57.7. The predicted molar refractivity (Wildman–Crippen MR) is 16.1 cm³/mol. The molecule has 32 valence electrons. The van der Waals surface area contributed by atoms with Gasteiger partial charge in [0.2, 0.25) is 0 Å². The molecule has 0 heterocycles. The van der Waals surface area contributed by atoms with Crippen LogP contribution in [0.3, 0.4) is 0 Å². The molecule has 0 radical (unpaired) electrons. The third-order valence-corrected chi connectivity index (χ3v) is 0. The first kappa shape index (κ1) is 25.4. The van der Waals surface area contributed by atoms with Crippen LogP contribution in [-0.2, 0) is 0 Å². The fourth-order valence-electron chi connectivity index (χ4n) is 0. The molecule has 0 bridgehead atoms. The number of halogens is 1. The Morgan fingerprint density at radius 1 is 1.29 bits per heavy atom. The van der Waals surface area contributed by atoms with Gasteiger partial charge in [-0.15, -0.1) is 0 Å². The zero-order valence-electron chi connectivity index (χ0n) is 3.63. The first-order chi connectivity index (χ1) is 1.73. The van der Waals surface area contributed by atoms with Crippen LogP contribution in [0.5, 0.6) is 0 Å². The number of hydrogen-bond donors (Lipinski definition) is 0. The molecular weight excluding hydrogens is 131 g/mol. The van der Waals surface area contributed by atoms with Crippen LogP contribution in [0, 0.1) is 15.3 Å². The largest absolute Gasteiger partial charge is 3.00 e. The standard InChI is InChI=1S/Al.FH.NO3.Na/c;;2-1(3)4;/h;1H;;/q+3;;-1;+1/p-1. The van der Waals surface area contributed by atoms with Gasteiger partial charge in [-0.3, -0.25) is 0 Å². The van der Waals surface area contributed by atoms with E-state index in [1.165, 1.54) is 0 Å². The van der Waals surface area contributed by atoms with Crippen molar-refractivity contribution in [3.05, 3.63) is 15.3 Å². The van der Waals surface area contributed by atoms with Gasteiger partial charge in [-0.2, -0.15) is 0 Å². The Morgan fingerprint density at radius 3 is 1.29 bits per heavy atom. The van der Waals surface area contributed by atoms with Gasteiger partial charge in [0.05, 0.1) is 5.09 Å². The molecule has 0 saturated carbocycles. The fourth-order valence-corrected chi connectivity index (χ4v) is 0. The van der Waals surface area contributed by atoms with E-state index in [4.69, 9.17) is 15.3 Å². The molecule has 0 spiro atoms. The molecule has 0 unspecified atom stereocenters. The van der Waals surface area contributed by atoms with Crippen molar-refractivity contribution < 1.29 is 39.3 Å². The molecule has 0 aromatic carbocycles. The maximum atomic E-state index is 8.25. The summed E-state index contributed by atoms with van der Waals surface area (Å²) in [5, 5.41) is 14.8. The van der Waals surface area contributed by atoms with Crippen molar-refractivity contribution in [2.75, 3.05) is 0 Å². The van der Waals surface area contributed by atoms with Crippen molar-refractivity contribution in [1.82, 2.24) is 0 Å². The van der Waals surface area contributed by atoms with E-state index in [0.29, 0.717) is 0 Å². The quantitative estimate of drug-likeness (QED) is 0.186. The van der Waals surface area contributed by atoms with Gasteiger partial charge in [0.1, 0.15) is 0 Å². The zero-order chi connectivity index (χ0) is 3.58. The number of hydrogen-bond acceptors (Lipinski definition) is 3. The van der Waals surface area contributed by atoms with E-state index in [-0.39, 0.29) is 51.6 Å². The summed E-state index contributed by atoms with van der Waals surface area (Å²) in [4.78, 5) is 8.25. The van der Waals surface area contributed by atoms with Crippen molar-refractivity contribution in [3.63, 3.8) is 0 Å². The van der Waals surface area contributed by atoms with Crippen LogP contribution in [-0.4, -0.2) is 22.4 Å². The van der Waals surface area contributed by atoms with Crippen molar-refractivity contribution in [2.24, 2.45) is 0 Å². The molecule has 7 heavy (non-hydrogen) atoms. The third kappa shape index (κ3) is 330. The molecule has 0 aliphatic heterocycles. The van der Waals surface area contributed by atoms with Crippen LogP contribution in [0.25, 0.3) is 0 Å². The third-order valence-electron chi connectivity index (χ3n) is 0. The van der Waals surface area contributed by atoms with E-state index >= 15 is 0 Å². The summed E-state index contributed by atoms with van der Waals surface area (Å²) in [6, 6.07) is 0. The van der Waals surface area contributed by atoms with Gasteiger partial charge in [-0.05, 0) is 0 Å². The van der Waals surface area contributed by atoms with Crippen molar-refractivity contribution >= 4 is 17.4 Å². The molecule has 0 aromatic heterocycles. The maximum absolute atomic E-state index is 8.25. The molecular formula is AlFNNaO3+2. The van der Waals surface area contributed by atoms with Gasteiger partial charge >= 0.3 is 46.9 Å². The average molecular weight is 131 g/mol. The van der Waals surface area contributed by atoms with Gasteiger partial charge in [0.25, 0.3) is 0 Å². The predicted octanol–water partition coefficient (Wildman–Crippen LogP) is -6.61. The molecule has 4 nitrogen and oxygen atoms in total. The molecule has 0 aromatic rings. The van der Waals surface area contributed by atoms with E-state index in [9.17, 15) is 0 Å². The van der Waals surface area contributed by atoms with Crippen molar-refractivity contribution in [2.45, 2.75) is 0 Å². The minimum Gasteiger partial charge on any atom is -1.00 e. The van der Waals surface area contributed by atoms with Gasteiger partial charge in [-0.1, -0.05) is 0 Å². The molecule has 0 atom stereocenters. The Labute approximate surface area is 71.8 Å². The molecule has 0 rings (SSSR count). The van der Waals surface area contributed by atoms with E-state index < -0.39 is 5.09 Å². The topological polar surface area (TPSA) is 66.2 Å². The molecule has 0 N–H and O–H groups in total. The summed E-state index contributed by atoms with van der Waals surface area (Å²) in [6.45, 7) is 0. The molecule has 0 fully saturated rings. The summed E-state index contributed by atoms with van der Waals surface area (Å²) in [5.41, 5.74) is 0. The normalized spacial score (nSPS) is 3.43. The SMILES string of the molecule is O=[N+]([O-])[O-].[Al+3].[F-].[Na+]. The molecule has 0 amide bonds. The van der Waals surface area contributed by atoms with Crippen LogP contribution in [0.2, 0.25) is 0 Å². The van der Waals surface area contributed by atoms with Crippen LogP contribution in [0.4, 0.5) is 0 Å². The molecule has 0 aliphatic rings. The van der Waals surface area contributed by atoms with E-state index in [0.717, 1.165) is 0 Å². The second-order valence-electron chi connectivity index (χ2n) is 0.224. The summed E-state index contributed by atoms with van der Waals surface area (Å²) in [7, 11) is 0. The van der Waals surface area contributed by atoms with E-state index in [2.05, 4.69) is 0 Å². The Bertz CT molecular complexity index is 37.9. The summed E-state index contributed by atoms with van der Waals surface area (Å²) < 4.78 is 0.